The number of hydrogen-bond acceptors (Lipinski definition) is 3. The van der Waals surface area contributed by atoms with E-state index in [0.717, 1.165) is 18.8 Å². The molecular weight excluding hydrogens is 248 g/mol. The van der Waals surface area contributed by atoms with Crippen molar-refractivity contribution in [3.8, 4) is 5.75 Å². The fraction of sp³-hybridized carbons (Fsp3) is 0.647. The Hall–Kier alpha value is -1.06. The minimum absolute atomic E-state index is 0.290. The van der Waals surface area contributed by atoms with E-state index in [4.69, 9.17) is 10.5 Å². The van der Waals surface area contributed by atoms with Crippen molar-refractivity contribution in [3.05, 3.63) is 29.3 Å². The molecule has 0 aromatic heterocycles. The molecule has 0 saturated heterocycles. The fourth-order valence-electron chi connectivity index (χ4n) is 2.61. The highest BCUT2D eigenvalue weighted by Gasteiger charge is 2.19. The Labute approximate surface area is 124 Å². The van der Waals surface area contributed by atoms with Crippen molar-refractivity contribution in [1.29, 1.82) is 0 Å². The summed E-state index contributed by atoms with van der Waals surface area (Å²) in [6, 6.07) is 6.68. The van der Waals surface area contributed by atoms with Crippen LogP contribution in [0.5, 0.6) is 5.75 Å². The molecule has 0 fully saturated rings. The second-order valence-corrected chi connectivity index (χ2v) is 5.58. The molecule has 0 aliphatic carbocycles. The summed E-state index contributed by atoms with van der Waals surface area (Å²) in [4.78, 5) is 2.48. The predicted molar refractivity (Wildman–Crippen MR) is 86.2 cm³/mol. The van der Waals surface area contributed by atoms with Crippen LogP contribution in [-0.2, 0) is 0 Å². The summed E-state index contributed by atoms with van der Waals surface area (Å²) in [6.45, 7) is 11.6. The van der Waals surface area contributed by atoms with E-state index in [1.807, 2.05) is 6.07 Å². The highest BCUT2D eigenvalue weighted by molar-refractivity contribution is 5.37. The van der Waals surface area contributed by atoms with Crippen LogP contribution in [-0.4, -0.2) is 31.6 Å². The Balaban J connectivity index is 2.95. The van der Waals surface area contributed by atoms with Crippen LogP contribution in [0.3, 0.4) is 0 Å². The number of rotatable bonds is 8. The Morgan fingerprint density at radius 3 is 2.45 bits per heavy atom. The zero-order chi connectivity index (χ0) is 15.1. The zero-order valence-electron chi connectivity index (χ0n) is 13.6. The molecule has 1 aromatic carbocycles. The van der Waals surface area contributed by atoms with Crippen LogP contribution in [0.1, 0.15) is 44.4 Å². The largest absolute Gasteiger partial charge is 0.496 e. The van der Waals surface area contributed by atoms with Crippen molar-refractivity contribution in [3.63, 3.8) is 0 Å². The number of hydrogen-bond donors (Lipinski definition) is 1. The maximum atomic E-state index is 6.05. The first-order chi connectivity index (χ1) is 9.57. The van der Waals surface area contributed by atoms with Crippen molar-refractivity contribution in [2.24, 2.45) is 11.7 Å². The van der Waals surface area contributed by atoms with Gasteiger partial charge < -0.3 is 10.5 Å². The average Bonchev–Trinajstić information content (AvgIpc) is 2.46. The third-order valence-electron chi connectivity index (χ3n) is 4.12. The highest BCUT2D eigenvalue weighted by atomic mass is 16.5. The molecule has 2 N–H and O–H groups in total. The molecule has 0 saturated carbocycles. The van der Waals surface area contributed by atoms with Gasteiger partial charge in [-0.3, -0.25) is 4.90 Å². The van der Waals surface area contributed by atoms with Crippen LogP contribution in [0.4, 0.5) is 0 Å². The number of ether oxygens (including phenoxy) is 1. The quantitative estimate of drug-likeness (QED) is 0.792. The molecule has 3 nitrogen and oxygen atoms in total. The van der Waals surface area contributed by atoms with Crippen LogP contribution in [0, 0.1) is 12.8 Å². The van der Waals surface area contributed by atoms with E-state index in [-0.39, 0.29) is 0 Å². The molecule has 3 heteroatoms. The highest BCUT2D eigenvalue weighted by Crippen LogP contribution is 2.26. The van der Waals surface area contributed by atoms with Crippen LogP contribution in [0.15, 0.2) is 18.2 Å². The van der Waals surface area contributed by atoms with Gasteiger partial charge in [0.05, 0.1) is 7.11 Å². The second kappa shape index (κ2) is 8.28. The normalized spacial score (nSPS) is 14.3. The second-order valence-electron chi connectivity index (χ2n) is 5.58. The van der Waals surface area contributed by atoms with Crippen molar-refractivity contribution < 1.29 is 4.74 Å². The summed E-state index contributed by atoms with van der Waals surface area (Å²) in [5, 5.41) is 0. The Bertz CT molecular complexity index is 406. The number of nitrogens with two attached hydrogens (primary N) is 1. The molecule has 0 bridgehead atoms. The molecule has 0 aliphatic heterocycles. The van der Waals surface area contributed by atoms with E-state index in [2.05, 4.69) is 44.7 Å². The standard InChI is InChI=1S/C17H30N2O/c1-6-13(3)12-19(7-2)16(11-18)15-8-9-17(20-5)14(4)10-15/h8-10,13,16H,6-7,11-12,18H2,1-5H3. The van der Waals surface area contributed by atoms with Gasteiger partial charge in [-0.15, -0.1) is 0 Å². The minimum atomic E-state index is 0.290. The minimum Gasteiger partial charge on any atom is -0.496 e. The lowest BCUT2D eigenvalue weighted by Gasteiger charge is -2.32. The van der Waals surface area contributed by atoms with Gasteiger partial charge in [-0.2, -0.15) is 0 Å². The fourth-order valence-corrected chi connectivity index (χ4v) is 2.61. The van der Waals surface area contributed by atoms with E-state index in [0.29, 0.717) is 18.5 Å². The summed E-state index contributed by atoms with van der Waals surface area (Å²) < 4.78 is 5.34. The van der Waals surface area contributed by atoms with Gasteiger partial charge in [0.1, 0.15) is 5.75 Å². The maximum Gasteiger partial charge on any atom is 0.121 e. The molecule has 0 aliphatic rings. The number of nitrogens with zero attached hydrogens (tertiary/aromatic N) is 1. The summed E-state index contributed by atoms with van der Waals surface area (Å²) >= 11 is 0. The Morgan fingerprint density at radius 1 is 1.30 bits per heavy atom. The molecule has 20 heavy (non-hydrogen) atoms. The van der Waals surface area contributed by atoms with Gasteiger partial charge in [-0.1, -0.05) is 39.3 Å². The van der Waals surface area contributed by atoms with Gasteiger partial charge in [-0.25, -0.2) is 0 Å². The van der Waals surface area contributed by atoms with E-state index in [1.165, 1.54) is 17.5 Å². The summed E-state index contributed by atoms with van der Waals surface area (Å²) in [5.41, 5.74) is 8.50. The first kappa shape index (κ1) is 17.0. The summed E-state index contributed by atoms with van der Waals surface area (Å²) in [7, 11) is 1.71. The van der Waals surface area contributed by atoms with Crippen LogP contribution >= 0.6 is 0 Å². The molecule has 1 aromatic rings. The van der Waals surface area contributed by atoms with Crippen LogP contribution in [0.2, 0.25) is 0 Å². The van der Waals surface area contributed by atoms with Gasteiger partial charge in [0.2, 0.25) is 0 Å². The average molecular weight is 278 g/mol. The molecule has 1 rings (SSSR count). The topological polar surface area (TPSA) is 38.5 Å². The van der Waals surface area contributed by atoms with Crippen molar-refractivity contribution in [2.45, 2.75) is 40.2 Å². The summed E-state index contributed by atoms with van der Waals surface area (Å²) in [6.07, 6.45) is 1.20. The molecule has 0 radical (unpaired) electrons. The zero-order valence-corrected chi connectivity index (χ0v) is 13.6. The summed E-state index contributed by atoms with van der Waals surface area (Å²) in [5.74, 6) is 1.64. The van der Waals surface area contributed by atoms with Gasteiger partial charge in [-0.05, 0) is 36.6 Å². The van der Waals surface area contributed by atoms with Gasteiger partial charge in [0.15, 0.2) is 0 Å². The lowest BCUT2D eigenvalue weighted by atomic mass is 10.0. The van der Waals surface area contributed by atoms with Crippen molar-refractivity contribution in [2.75, 3.05) is 26.7 Å². The smallest absolute Gasteiger partial charge is 0.121 e. The van der Waals surface area contributed by atoms with Gasteiger partial charge in [0, 0.05) is 19.1 Å². The van der Waals surface area contributed by atoms with Crippen molar-refractivity contribution >= 4 is 0 Å². The number of methoxy groups -OCH3 is 1. The number of aryl methyl sites for hydroxylation is 1. The number of benzene rings is 1. The molecule has 0 amide bonds. The van der Waals surface area contributed by atoms with Gasteiger partial charge in [0.25, 0.3) is 0 Å². The lowest BCUT2D eigenvalue weighted by Crippen LogP contribution is -2.36. The van der Waals surface area contributed by atoms with E-state index >= 15 is 0 Å². The SMILES string of the molecule is CCC(C)CN(CC)C(CN)c1ccc(OC)c(C)c1. The van der Waals surface area contributed by atoms with Crippen LogP contribution < -0.4 is 10.5 Å². The van der Waals surface area contributed by atoms with Crippen LogP contribution in [0.25, 0.3) is 0 Å². The molecule has 0 heterocycles. The molecule has 2 atom stereocenters. The molecule has 2 unspecified atom stereocenters. The van der Waals surface area contributed by atoms with E-state index in [9.17, 15) is 0 Å². The Morgan fingerprint density at radius 2 is 2.00 bits per heavy atom. The third kappa shape index (κ3) is 4.22. The molecule has 114 valence electrons. The number of likely N-dealkylation sites (N-methyl/N-ethyl adjacent to an activating group) is 1. The van der Waals surface area contributed by atoms with Gasteiger partial charge >= 0.3 is 0 Å². The van der Waals surface area contributed by atoms with Crippen molar-refractivity contribution in [1.82, 2.24) is 4.90 Å². The molecular formula is C17H30N2O. The first-order valence-corrected chi connectivity index (χ1v) is 7.65. The first-order valence-electron chi connectivity index (χ1n) is 7.65. The van der Waals surface area contributed by atoms with E-state index < -0.39 is 0 Å². The maximum absolute atomic E-state index is 6.05. The third-order valence-corrected chi connectivity index (χ3v) is 4.12. The predicted octanol–water partition coefficient (Wildman–Crippen LogP) is 3.37. The van der Waals surface area contributed by atoms with E-state index in [1.54, 1.807) is 7.11 Å². The Kier molecular flexibility index (Phi) is 7.03. The molecule has 0 spiro atoms. The monoisotopic (exact) mass is 278 g/mol. The lowest BCUT2D eigenvalue weighted by molar-refractivity contribution is 0.182.